The number of benzene rings is 1. The zero-order valence-electron chi connectivity index (χ0n) is 13.1. The van der Waals surface area contributed by atoms with Gasteiger partial charge in [0.2, 0.25) is 5.91 Å². The second-order valence-electron chi connectivity index (χ2n) is 5.18. The zero-order chi connectivity index (χ0) is 16.1. The van der Waals surface area contributed by atoms with Crippen LogP contribution in [0.4, 0.5) is 0 Å². The monoisotopic (exact) mass is 302 g/mol. The molecule has 118 valence electrons. The van der Waals surface area contributed by atoms with E-state index in [1.165, 1.54) is 4.90 Å². The third-order valence-electron chi connectivity index (χ3n) is 3.71. The summed E-state index contributed by atoms with van der Waals surface area (Å²) in [5.74, 6) is -0.351. The molecular formula is C17H22N2O3. The van der Waals surface area contributed by atoms with Crippen LogP contribution in [0, 0.1) is 0 Å². The molecule has 1 N–H and O–H groups in total. The zero-order valence-corrected chi connectivity index (χ0v) is 13.1. The number of fused-ring (bicyclic) bond motifs is 1. The maximum atomic E-state index is 12.4. The van der Waals surface area contributed by atoms with E-state index in [9.17, 15) is 9.59 Å². The Morgan fingerprint density at radius 1 is 1.36 bits per heavy atom. The van der Waals surface area contributed by atoms with Gasteiger partial charge in [-0.3, -0.25) is 14.5 Å². The van der Waals surface area contributed by atoms with Gasteiger partial charge in [-0.1, -0.05) is 24.8 Å². The Morgan fingerprint density at radius 3 is 2.68 bits per heavy atom. The van der Waals surface area contributed by atoms with Crippen LogP contribution in [0.1, 0.15) is 36.2 Å². The van der Waals surface area contributed by atoms with E-state index in [2.05, 4.69) is 11.9 Å². The second-order valence-corrected chi connectivity index (χ2v) is 5.18. The van der Waals surface area contributed by atoms with E-state index in [0.717, 1.165) is 12.0 Å². The normalized spacial score (nSPS) is 14.9. The maximum Gasteiger partial charge on any atom is 0.259 e. The number of amides is 2. The van der Waals surface area contributed by atoms with Gasteiger partial charge in [0, 0.05) is 36.6 Å². The van der Waals surface area contributed by atoms with Crippen molar-refractivity contribution in [2.24, 2.45) is 0 Å². The highest BCUT2D eigenvalue weighted by molar-refractivity contribution is 6.10. The number of nitrogens with zero attached hydrogens (tertiary/aromatic N) is 1. The molecule has 1 aromatic carbocycles. The minimum Gasteiger partial charge on any atom is -0.382 e. The highest BCUT2D eigenvalue weighted by atomic mass is 16.5. The highest BCUT2D eigenvalue weighted by Gasteiger charge is 2.36. The molecule has 2 amide bonds. The molecule has 0 fully saturated rings. The largest absolute Gasteiger partial charge is 0.382 e. The van der Waals surface area contributed by atoms with Crippen LogP contribution in [0.2, 0.25) is 0 Å². The number of hydrogen-bond acceptors (Lipinski definition) is 3. The van der Waals surface area contributed by atoms with Crippen molar-refractivity contribution in [1.82, 2.24) is 10.2 Å². The predicted octanol–water partition coefficient (Wildman–Crippen LogP) is 2.04. The van der Waals surface area contributed by atoms with Gasteiger partial charge in [-0.2, -0.15) is 0 Å². The van der Waals surface area contributed by atoms with E-state index in [0.29, 0.717) is 31.0 Å². The first kappa shape index (κ1) is 16.2. The average molecular weight is 302 g/mol. The van der Waals surface area contributed by atoms with Gasteiger partial charge >= 0.3 is 0 Å². The lowest BCUT2D eigenvalue weighted by molar-refractivity contribution is -0.124. The number of rotatable bonds is 7. The van der Waals surface area contributed by atoms with E-state index < -0.39 is 6.04 Å². The molecule has 0 aliphatic carbocycles. The topological polar surface area (TPSA) is 58.6 Å². The van der Waals surface area contributed by atoms with Crippen molar-refractivity contribution in [3.63, 3.8) is 0 Å². The fourth-order valence-electron chi connectivity index (χ4n) is 2.51. The van der Waals surface area contributed by atoms with Crippen LogP contribution in [0.25, 0.3) is 5.70 Å². The Morgan fingerprint density at radius 2 is 2.05 bits per heavy atom. The van der Waals surface area contributed by atoms with Gasteiger partial charge < -0.3 is 10.1 Å². The molecule has 1 aliphatic heterocycles. The van der Waals surface area contributed by atoms with Crippen LogP contribution in [0.5, 0.6) is 0 Å². The molecule has 1 aliphatic rings. The van der Waals surface area contributed by atoms with Crippen molar-refractivity contribution in [3.8, 4) is 0 Å². The summed E-state index contributed by atoms with van der Waals surface area (Å²) in [6.45, 7) is 9.43. The summed E-state index contributed by atoms with van der Waals surface area (Å²) in [5.41, 5.74) is 1.98. The molecule has 1 aromatic rings. The van der Waals surface area contributed by atoms with Crippen LogP contribution in [-0.2, 0) is 9.53 Å². The van der Waals surface area contributed by atoms with Crippen molar-refractivity contribution < 1.29 is 14.3 Å². The maximum absolute atomic E-state index is 12.4. The van der Waals surface area contributed by atoms with E-state index >= 15 is 0 Å². The van der Waals surface area contributed by atoms with Gasteiger partial charge in [-0.25, -0.2) is 0 Å². The number of hydrogen-bond donors (Lipinski definition) is 1. The molecule has 0 spiro atoms. The molecular weight excluding hydrogens is 280 g/mol. The third kappa shape index (κ3) is 3.20. The summed E-state index contributed by atoms with van der Waals surface area (Å²) in [5, 5.41) is 2.83. The minimum atomic E-state index is -0.584. The fraction of sp³-hybridized carbons (Fsp3) is 0.412. The number of nitrogens with one attached hydrogen (secondary N) is 1. The van der Waals surface area contributed by atoms with Gasteiger partial charge in [-0.15, -0.1) is 0 Å². The Kier molecular flexibility index (Phi) is 5.33. The molecule has 0 radical (unpaired) electrons. The molecule has 1 heterocycles. The quantitative estimate of drug-likeness (QED) is 0.784. The molecule has 5 heteroatoms. The molecule has 5 nitrogen and oxygen atoms in total. The summed E-state index contributed by atoms with van der Waals surface area (Å²) in [7, 11) is 0. The van der Waals surface area contributed by atoms with E-state index in [1.54, 1.807) is 13.0 Å². The molecule has 0 saturated carbocycles. The van der Waals surface area contributed by atoms with Crippen molar-refractivity contribution in [1.29, 1.82) is 0 Å². The standard InChI is InChI=1S/C17H22N2O3/c1-4-22-11-7-10-18-16(20)13(3)19-12(2)14-8-5-6-9-15(14)17(19)21/h5-6,8-9,13H,2,4,7,10-11H2,1,3H3,(H,18,20). The van der Waals surface area contributed by atoms with Gasteiger partial charge in [-0.05, 0) is 26.3 Å². The Hall–Kier alpha value is -2.14. The van der Waals surface area contributed by atoms with Crippen LogP contribution in [0.15, 0.2) is 30.8 Å². The molecule has 0 saturated heterocycles. The first-order valence-corrected chi connectivity index (χ1v) is 7.55. The number of carbonyl (C=O) groups excluding carboxylic acids is 2. The summed E-state index contributed by atoms with van der Waals surface area (Å²) >= 11 is 0. The average Bonchev–Trinajstić information content (AvgIpc) is 2.78. The van der Waals surface area contributed by atoms with Crippen molar-refractivity contribution in [3.05, 3.63) is 42.0 Å². The third-order valence-corrected chi connectivity index (χ3v) is 3.71. The van der Waals surface area contributed by atoms with E-state index in [-0.39, 0.29) is 11.8 Å². The van der Waals surface area contributed by atoms with E-state index in [4.69, 9.17) is 4.74 Å². The minimum absolute atomic E-state index is 0.169. The van der Waals surface area contributed by atoms with Crippen LogP contribution in [0.3, 0.4) is 0 Å². The van der Waals surface area contributed by atoms with Gasteiger partial charge in [0.15, 0.2) is 0 Å². The molecule has 1 atom stereocenters. The number of ether oxygens (including phenoxy) is 1. The van der Waals surface area contributed by atoms with Crippen molar-refractivity contribution in [2.45, 2.75) is 26.3 Å². The molecule has 1 unspecified atom stereocenters. The van der Waals surface area contributed by atoms with E-state index in [1.807, 2.05) is 25.1 Å². The highest BCUT2D eigenvalue weighted by Crippen LogP contribution is 2.32. The summed E-state index contributed by atoms with van der Waals surface area (Å²) in [6, 6.07) is 6.70. The molecule has 0 bridgehead atoms. The van der Waals surface area contributed by atoms with Crippen molar-refractivity contribution >= 4 is 17.5 Å². The van der Waals surface area contributed by atoms with Crippen LogP contribution >= 0.6 is 0 Å². The first-order chi connectivity index (χ1) is 10.6. The van der Waals surface area contributed by atoms with Gasteiger partial charge in [0.05, 0.1) is 0 Å². The lowest BCUT2D eigenvalue weighted by atomic mass is 10.1. The Bertz CT molecular complexity index is 548. The smallest absolute Gasteiger partial charge is 0.259 e. The summed E-state index contributed by atoms with van der Waals surface area (Å²) in [4.78, 5) is 26.1. The Labute approximate surface area is 130 Å². The predicted molar refractivity (Wildman–Crippen MR) is 85.2 cm³/mol. The SMILES string of the molecule is C=C1c2ccccc2C(=O)N1C(C)C(=O)NCCCOCC. The summed E-state index contributed by atoms with van der Waals surface area (Å²) < 4.78 is 5.22. The first-order valence-electron chi connectivity index (χ1n) is 7.55. The lowest BCUT2D eigenvalue weighted by Gasteiger charge is -2.24. The van der Waals surface area contributed by atoms with Crippen molar-refractivity contribution in [2.75, 3.05) is 19.8 Å². The van der Waals surface area contributed by atoms with Crippen LogP contribution < -0.4 is 5.32 Å². The molecule has 2 rings (SSSR count). The van der Waals surface area contributed by atoms with Gasteiger partial charge in [0.1, 0.15) is 6.04 Å². The molecule has 0 aromatic heterocycles. The van der Waals surface area contributed by atoms with Crippen LogP contribution in [-0.4, -0.2) is 42.5 Å². The summed E-state index contributed by atoms with van der Waals surface area (Å²) in [6.07, 6.45) is 0.751. The molecule has 22 heavy (non-hydrogen) atoms. The van der Waals surface area contributed by atoms with Gasteiger partial charge in [0.25, 0.3) is 5.91 Å². The second kappa shape index (κ2) is 7.22. The lowest BCUT2D eigenvalue weighted by Crippen LogP contribution is -2.45. The fourth-order valence-corrected chi connectivity index (χ4v) is 2.51. The number of carbonyl (C=O) groups is 2. The Balaban J connectivity index is 1.96.